The predicted octanol–water partition coefficient (Wildman–Crippen LogP) is 3.58. The fourth-order valence-corrected chi connectivity index (χ4v) is 2.34. The lowest BCUT2D eigenvalue weighted by Crippen LogP contribution is -2.04. The molecule has 1 aliphatic rings. The van der Waals surface area contributed by atoms with Gasteiger partial charge in [0.2, 0.25) is 0 Å². The van der Waals surface area contributed by atoms with Crippen LogP contribution >= 0.6 is 11.6 Å². The van der Waals surface area contributed by atoms with Crippen LogP contribution in [0.15, 0.2) is 18.2 Å². The molecule has 2 nitrogen and oxygen atoms in total. The number of benzene rings is 1. The fraction of sp³-hybridized carbons (Fsp3) is 0.571. The molecule has 3 heteroatoms. The molecule has 17 heavy (non-hydrogen) atoms. The van der Waals surface area contributed by atoms with Crippen LogP contribution in [0.5, 0.6) is 5.75 Å². The first kappa shape index (κ1) is 12.7. The van der Waals surface area contributed by atoms with Crippen molar-refractivity contribution in [1.29, 1.82) is 0 Å². The van der Waals surface area contributed by atoms with Gasteiger partial charge >= 0.3 is 0 Å². The highest BCUT2D eigenvalue weighted by Crippen LogP contribution is 2.50. The first-order valence-electron chi connectivity index (χ1n) is 6.38. The van der Waals surface area contributed by atoms with Crippen LogP contribution in [0.3, 0.4) is 0 Å². The normalized spacial score (nSPS) is 22.5. The van der Waals surface area contributed by atoms with E-state index in [4.69, 9.17) is 22.1 Å². The Morgan fingerprint density at radius 2 is 2.29 bits per heavy atom. The summed E-state index contributed by atoms with van der Waals surface area (Å²) in [6.45, 7) is 3.70. The van der Waals surface area contributed by atoms with Crippen LogP contribution in [0.1, 0.15) is 37.7 Å². The van der Waals surface area contributed by atoms with Crippen molar-refractivity contribution in [1.82, 2.24) is 0 Å². The Labute approximate surface area is 108 Å². The molecule has 1 aliphatic carbocycles. The zero-order valence-corrected chi connectivity index (χ0v) is 11.0. The summed E-state index contributed by atoms with van der Waals surface area (Å²) in [7, 11) is 0. The second-order valence-electron chi connectivity index (χ2n) is 4.72. The van der Waals surface area contributed by atoms with E-state index in [1.807, 2.05) is 18.2 Å². The molecule has 0 aromatic heterocycles. The summed E-state index contributed by atoms with van der Waals surface area (Å²) in [6.07, 6.45) is 3.41. The Kier molecular flexibility index (Phi) is 4.30. The second kappa shape index (κ2) is 5.74. The lowest BCUT2D eigenvalue weighted by atomic mass is 10.1. The summed E-state index contributed by atoms with van der Waals surface area (Å²) in [5.41, 5.74) is 6.94. The average molecular weight is 254 g/mol. The van der Waals surface area contributed by atoms with Crippen molar-refractivity contribution < 1.29 is 4.74 Å². The van der Waals surface area contributed by atoms with Crippen molar-refractivity contribution in [3.63, 3.8) is 0 Å². The molecule has 0 spiro atoms. The molecule has 0 aliphatic heterocycles. The smallest absolute Gasteiger partial charge is 0.122 e. The van der Waals surface area contributed by atoms with E-state index in [2.05, 4.69) is 6.92 Å². The molecular formula is C14H20ClNO. The molecule has 0 saturated heterocycles. The largest absolute Gasteiger partial charge is 0.493 e. The number of ether oxygens (including phenoxy) is 1. The maximum absolute atomic E-state index is 6.05. The van der Waals surface area contributed by atoms with Crippen LogP contribution in [0, 0.1) is 5.92 Å². The summed E-state index contributed by atoms with van der Waals surface area (Å²) >= 11 is 6.05. The van der Waals surface area contributed by atoms with Crippen LogP contribution in [0.2, 0.25) is 5.02 Å². The molecule has 1 aromatic rings. The third-order valence-corrected chi connectivity index (χ3v) is 3.59. The Bertz CT molecular complexity index is 380. The van der Waals surface area contributed by atoms with Crippen LogP contribution < -0.4 is 10.5 Å². The van der Waals surface area contributed by atoms with Crippen molar-refractivity contribution >= 4 is 11.6 Å². The first-order chi connectivity index (χ1) is 8.26. The molecule has 1 saturated carbocycles. The molecule has 94 valence electrons. The summed E-state index contributed by atoms with van der Waals surface area (Å²) in [6, 6.07) is 5.91. The predicted molar refractivity (Wildman–Crippen MR) is 71.8 cm³/mol. The van der Waals surface area contributed by atoms with Gasteiger partial charge in [-0.2, -0.15) is 0 Å². The van der Waals surface area contributed by atoms with E-state index in [0.29, 0.717) is 11.8 Å². The Balaban J connectivity index is 2.08. The second-order valence-corrected chi connectivity index (χ2v) is 5.16. The van der Waals surface area contributed by atoms with Gasteiger partial charge in [0.25, 0.3) is 0 Å². The molecule has 0 bridgehead atoms. The molecule has 1 aromatic carbocycles. The highest BCUT2D eigenvalue weighted by molar-refractivity contribution is 6.30. The fourth-order valence-electron chi connectivity index (χ4n) is 2.16. The Hall–Kier alpha value is -0.730. The van der Waals surface area contributed by atoms with Gasteiger partial charge in [-0.1, -0.05) is 24.9 Å². The van der Waals surface area contributed by atoms with E-state index in [1.165, 1.54) is 12.0 Å². The van der Waals surface area contributed by atoms with Crippen molar-refractivity contribution in [2.45, 2.75) is 32.1 Å². The third kappa shape index (κ3) is 3.14. The molecular weight excluding hydrogens is 234 g/mol. The standard InChI is InChI=1S/C14H20ClNO/c1-2-3-6-17-14-5-4-11(15)8-13(14)12-7-10(12)9-16/h4-5,8,10,12H,2-3,6-7,9,16H2,1H3/t10-,12+/m1/s1. The van der Waals surface area contributed by atoms with Gasteiger partial charge < -0.3 is 10.5 Å². The van der Waals surface area contributed by atoms with Crippen LogP contribution in [0.25, 0.3) is 0 Å². The molecule has 0 radical (unpaired) electrons. The highest BCUT2D eigenvalue weighted by Gasteiger charge is 2.38. The zero-order chi connectivity index (χ0) is 12.3. The molecule has 0 amide bonds. The lowest BCUT2D eigenvalue weighted by molar-refractivity contribution is 0.306. The van der Waals surface area contributed by atoms with Crippen LogP contribution in [-0.2, 0) is 0 Å². The zero-order valence-electron chi connectivity index (χ0n) is 10.3. The maximum Gasteiger partial charge on any atom is 0.122 e. The van der Waals surface area contributed by atoms with Gasteiger partial charge in [0.15, 0.2) is 0 Å². The summed E-state index contributed by atoms with van der Waals surface area (Å²) in [5.74, 6) is 2.15. The van der Waals surface area contributed by atoms with E-state index >= 15 is 0 Å². The quantitative estimate of drug-likeness (QED) is 0.787. The van der Waals surface area contributed by atoms with Crippen LogP contribution in [-0.4, -0.2) is 13.2 Å². The number of unbranched alkanes of at least 4 members (excludes halogenated alkanes) is 1. The highest BCUT2D eigenvalue weighted by atomic mass is 35.5. The van der Waals surface area contributed by atoms with E-state index < -0.39 is 0 Å². The van der Waals surface area contributed by atoms with Crippen molar-refractivity contribution in [2.24, 2.45) is 11.7 Å². The number of hydrogen-bond acceptors (Lipinski definition) is 2. The van der Waals surface area contributed by atoms with Gasteiger partial charge in [-0.25, -0.2) is 0 Å². The van der Waals surface area contributed by atoms with Crippen molar-refractivity contribution in [2.75, 3.05) is 13.2 Å². The van der Waals surface area contributed by atoms with E-state index in [9.17, 15) is 0 Å². The minimum Gasteiger partial charge on any atom is -0.493 e. The number of halogens is 1. The first-order valence-corrected chi connectivity index (χ1v) is 6.76. The number of hydrogen-bond donors (Lipinski definition) is 1. The summed E-state index contributed by atoms with van der Waals surface area (Å²) in [4.78, 5) is 0. The molecule has 0 heterocycles. The molecule has 2 N–H and O–H groups in total. The van der Waals surface area contributed by atoms with E-state index in [1.54, 1.807) is 0 Å². The molecule has 2 rings (SSSR count). The Morgan fingerprint density at radius 1 is 1.47 bits per heavy atom. The topological polar surface area (TPSA) is 35.2 Å². The minimum atomic E-state index is 0.551. The molecule has 1 fully saturated rings. The van der Waals surface area contributed by atoms with E-state index in [-0.39, 0.29) is 0 Å². The van der Waals surface area contributed by atoms with Gasteiger partial charge in [0.1, 0.15) is 5.75 Å². The maximum atomic E-state index is 6.05. The number of nitrogens with two attached hydrogens (primary N) is 1. The van der Waals surface area contributed by atoms with Gasteiger partial charge in [0.05, 0.1) is 6.61 Å². The van der Waals surface area contributed by atoms with Crippen LogP contribution in [0.4, 0.5) is 0 Å². The van der Waals surface area contributed by atoms with Gasteiger partial charge in [-0.3, -0.25) is 0 Å². The summed E-state index contributed by atoms with van der Waals surface area (Å²) < 4.78 is 5.83. The lowest BCUT2D eigenvalue weighted by Gasteiger charge is -2.11. The monoisotopic (exact) mass is 253 g/mol. The van der Waals surface area contributed by atoms with Gasteiger partial charge in [0, 0.05) is 5.02 Å². The molecule has 0 unspecified atom stereocenters. The number of rotatable bonds is 6. The summed E-state index contributed by atoms with van der Waals surface area (Å²) in [5, 5.41) is 0.783. The Morgan fingerprint density at radius 3 is 2.94 bits per heavy atom. The van der Waals surface area contributed by atoms with Gasteiger partial charge in [-0.05, 0) is 55.0 Å². The van der Waals surface area contributed by atoms with Gasteiger partial charge in [-0.15, -0.1) is 0 Å². The minimum absolute atomic E-state index is 0.551. The molecule has 2 atom stereocenters. The van der Waals surface area contributed by atoms with Crippen molar-refractivity contribution in [3.8, 4) is 5.75 Å². The third-order valence-electron chi connectivity index (χ3n) is 3.35. The average Bonchev–Trinajstić information content (AvgIpc) is 3.10. The SMILES string of the molecule is CCCCOc1ccc(Cl)cc1[C@H]1C[C@@H]1CN. The van der Waals surface area contributed by atoms with Crippen molar-refractivity contribution in [3.05, 3.63) is 28.8 Å². The van der Waals surface area contributed by atoms with E-state index in [0.717, 1.165) is 36.8 Å².